The van der Waals surface area contributed by atoms with E-state index in [9.17, 15) is 9.59 Å². The monoisotopic (exact) mass is 371 g/mol. The summed E-state index contributed by atoms with van der Waals surface area (Å²) in [6.07, 6.45) is 0.169. The highest BCUT2D eigenvalue weighted by Gasteiger charge is 2.16. The summed E-state index contributed by atoms with van der Waals surface area (Å²) in [6.45, 7) is 3.87. The molecule has 7 heteroatoms. The third-order valence-corrected chi connectivity index (χ3v) is 4.86. The number of carbonyl (C=O) groups excluding carboxylic acids is 2. The molecule has 2 aromatic rings. The zero-order chi connectivity index (χ0) is 17.0. The Morgan fingerprint density at radius 3 is 2.61 bits per heavy atom. The number of esters is 1. The minimum absolute atomic E-state index is 0.169. The summed E-state index contributed by atoms with van der Waals surface area (Å²) in [5.74, 6) is -0.569. The van der Waals surface area contributed by atoms with Gasteiger partial charge in [0, 0.05) is 0 Å². The molecule has 23 heavy (non-hydrogen) atoms. The van der Waals surface area contributed by atoms with E-state index in [4.69, 9.17) is 27.9 Å². The molecule has 1 heterocycles. The zero-order valence-electron chi connectivity index (χ0n) is 12.6. The molecule has 0 aliphatic rings. The Morgan fingerprint density at radius 1 is 1.22 bits per heavy atom. The van der Waals surface area contributed by atoms with Gasteiger partial charge < -0.3 is 10.1 Å². The predicted molar refractivity (Wildman–Crippen MR) is 93.8 cm³/mol. The number of nitrogens with one attached hydrogen (secondary N) is 1. The van der Waals surface area contributed by atoms with Crippen molar-refractivity contribution >= 4 is 51.4 Å². The van der Waals surface area contributed by atoms with Crippen molar-refractivity contribution in [2.45, 2.75) is 20.3 Å². The maximum Gasteiger partial charge on any atom is 0.348 e. The van der Waals surface area contributed by atoms with Crippen LogP contribution in [0, 0.1) is 6.92 Å². The molecule has 0 spiro atoms. The lowest BCUT2D eigenvalue weighted by atomic mass is 10.1. The number of hydrogen-bond donors (Lipinski definition) is 1. The van der Waals surface area contributed by atoms with Crippen molar-refractivity contribution < 1.29 is 14.3 Å². The van der Waals surface area contributed by atoms with Crippen LogP contribution in [0.15, 0.2) is 24.3 Å². The summed E-state index contributed by atoms with van der Waals surface area (Å²) in [4.78, 5) is 24.4. The van der Waals surface area contributed by atoms with Crippen LogP contribution in [0.2, 0.25) is 10.0 Å². The van der Waals surface area contributed by atoms with Crippen molar-refractivity contribution in [3.05, 3.63) is 50.3 Å². The second-order valence-electron chi connectivity index (χ2n) is 4.82. The molecule has 1 aromatic heterocycles. The Hall–Kier alpha value is -1.56. The van der Waals surface area contributed by atoms with Gasteiger partial charge in [-0.25, -0.2) is 4.79 Å². The van der Waals surface area contributed by atoms with Gasteiger partial charge in [0.2, 0.25) is 5.91 Å². The van der Waals surface area contributed by atoms with Crippen LogP contribution < -0.4 is 5.32 Å². The molecule has 0 unspecified atom stereocenters. The number of anilines is 1. The van der Waals surface area contributed by atoms with Crippen molar-refractivity contribution in [2.75, 3.05) is 11.9 Å². The first-order chi connectivity index (χ1) is 10.9. The van der Waals surface area contributed by atoms with Gasteiger partial charge in [-0.2, -0.15) is 0 Å². The molecular weight excluding hydrogens is 357 g/mol. The van der Waals surface area contributed by atoms with Crippen molar-refractivity contribution in [2.24, 2.45) is 0 Å². The van der Waals surface area contributed by atoms with Crippen LogP contribution in [-0.4, -0.2) is 18.5 Å². The number of amides is 1. The quantitative estimate of drug-likeness (QED) is 0.773. The normalized spacial score (nSPS) is 10.4. The highest BCUT2D eigenvalue weighted by Crippen LogP contribution is 2.28. The van der Waals surface area contributed by atoms with Crippen molar-refractivity contribution in [1.29, 1.82) is 0 Å². The van der Waals surface area contributed by atoms with E-state index < -0.39 is 0 Å². The average Bonchev–Trinajstić information content (AvgIpc) is 2.83. The Morgan fingerprint density at radius 2 is 1.96 bits per heavy atom. The summed E-state index contributed by atoms with van der Waals surface area (Å²) in [6, 6.07) is 6.81. The Kier molecular flexibility index (Phi) is 6.04. The maximum absolute atomic E-state index is 12.1. The van der Waals surface area contributed by atoms with Gasteiger partial charge in [-0.15, -0.1) is 11.3 Å². The number of halogens is 2. The average molecular weight is 372 g/mol. The highest BCUT2D eigenvalue weighted by atomic mass is 35.5. The third-order valence-electron chi connectivity index (χ3n) is 2.99. The van der Waals surface area contributed by atoms with E-state index in [1.807, 2.05) is 0 Å². The van der Waals surface area contributed by atoms with Crippen LogP contribution in [0.5, 0.6) is 0 Å². The van der Waals surface area contributed by atoms with Crippen LogP contribution in [0.1, 0.15) is 27.7 Å². The van der Waals surface area contributed by atoms with Crippen molar-refractivity contribution in [3.63, 3.8) is 0 Å². The topological polar surface area (TPSA) is 55.4 Å². The van der Waals surface area contributed by atoms with E-state index in [1.165, 1.54) is 11.3 Å². The molecule has 122 valence electrons. The van der Waals surface area contributed by atoms with E-state index >= 15 is 0 Å². The van der Waals surface area contributed by atoms with Crippen LogP contribution in [0.25, 0.3) is 0 Å². The van der Waals surface area contributed by atoms with E-state index in [1.54, 1.807) is 38.1 Å². The van der Waals surface area contributed by atoms with Crippen molar-refractivity contribution in [3.8, 4) is 0 Å². The fourth-order valence-electron chi connectivity index (χ4n) is 1.96. The Bertz CT molecular complexity index is 743. The fourth-order valence-corrected chi connectivity index (χ4v) is 3.26. The molecule has 2 rings (SSSR count). The molecule has 0 aliphatic heterocycles. The summed E-state index contributed by atoms with van der Waals surface area (Å²) in [7, 11) is 0. The molecule has 0 saturated heterocycles. The number of carbonyl (C=O) groups is 2. The first kappa shape index (κ1) is 17.8. The summed E-state index contributed by atoms with van der Waals surface area (Å²) >= 11 is 13.0. The smallest absolute Gasteiger partial charge is 0.348 e. The second kappa shape index (κ2) is 7.81. The Labute approximate surface area is 148 Å². The maximum atomic E-state index is 12.1. The third kappa shape index (κ3) is 4.70. The molecule has 1 amide bonds. The molecule has 0 bridgehead atoms. The van der Waals surface area contributed by atoms with E-state index in [2.05, 4.69) is 5.32 Å². The van der Waals surface area contributed by atoms with Gasteiger partial charge in [-0.3, -0.25) is 4.79 Å². The number of benzene rings is 1. The van der Waals surface area contributed by atoms with Gasteiger partial charge in [0.1, 0.15) is 4.88 Å². The Balaban J connectivity index is 2.04. The van der Waals surface area contributed by atoms with E-state index in [-0.39, 0.29) is 18.3 Å². The second-order valence-corrected chi connectivity index (χ2v) is 6.68. The molecule has 0 radical (unpaired) electrons. The first-order valence-electron chi connectivity index (χ1n) is 6.92. The number of thiophene rings is 1. The lowest BCUT2D eigenvalue weighted by molar-refractivity contribution is -0.115. The standard InChI is InChI=1S/C16H15Cl2NO3S/c1-3-22-16(21)15-9(2)6-14(23-15)19-13(20)8-10-4-5-11(17)12(18)7-10/h4-7H,3,8H2,1-2H3,(H,19,20). The molecule has 0 fully saturated rings. The van der Waals surface area contributed by atoms with Gasteiger partial charge >= 0.3 is 5.97 Å². The summed E-state index contributed by atoms with van der Waals surface area (Å²) in [5.41, 5.74) is 1.54. The van der Waals surface area contributed by atoms with Gasteiger partial charge in [-0.05, 0) is 43.2 Å². The van der Waals surface area contributed by atoms with Crippen molar-refractivity contribution in [1.82, 2.24) is 0 Å². The molecule has 0 atom stereocenters. The van der Waals surface area contributed by atoms with Crippen LogP contribution >= 0.6 is 34.5 Å². The molecule has 0 saturated carbocycles. The van der Waals surface area contributed by atoms with Gasteiger partial charge in [-0.1, -0.05) is 29.3 Å². The van der Waals surface area contributed by atoms with Crippen LogP contribution in [-0.2, 0) is 16.0 Å². The predicted octanol–water partition coefficient (Wildman–Crippen LogP) is 4.72. The number of ether oxygens (including phenoxy) is 1. The summed E-state index contributed by atoms with van der Waals surface area (Å²) < 4.78 is 4.98. The van der Waals surface area contributed by atoms with Crippen LogP contribution in [0.3, 0.4) is 0 Å². The van der Waals surface area contributed by atoms with E-state index in [0.29, 0.717) is 26.5 Å². The molecule has 4 nitrogen and oxygen atoms in total. The minimum Gasteiger partial charge on any atom is -0.462 e. The molecule has 0 aliphatic carbocycles. The largest absolute Gasteiger partial charge is 0.462 e. The zero-order valence-corrected chi connectivity index (χ0v) is 14.9. The molecule has 1 N–H and O–H groups in total. The van der Waals surface area contributed by atoms with Gasteiger partial charge in [0.15, 0.2) is 0 Å². The minimum atomic E-state index is -0.375. The lowest BCUT2D eigenvalue weighted by Crippen LogP contribution is -2.13. The van der Waals surface area contributed by atoms with Gasteiger partial charge in [0.25, 0.3) is 0 Å². The lowest BCUT2D eigenvalue weighted by Gasteiger charge is -2.04. The molecular formula is C16H15Cl2NO3S. The number of aryl methyl sites for hydroxylation is 1. The number of rotatable bonds is 5. The first-order valence-corrected chi connectivity index (χ1v) is 8.49. The van der Waals surface area contributed by atoms with Crippen LogP contribution in [0.4, 0.5) is 5.00 Å². The highest BCUT2D eigenvalue weighted by molar-refractivity contribution is 7.18. The van der Waals surface area contributed by atoms with Gasteiger partial charge in [0.05, 0.1) is 28.1 Å². The molecule has 1 aromatic carbocycles. The van der Waals surface area contributed by atoms with E-state index in [0.717, 1.165) is 11.1 Å². The fraction of sp³-hybridized carbons (Fsp3) is 0.250. The number of hydrogen-bond acceptors (Lipinski definition) is 4. The summed E-state index contributed by atoms with van der Waals surface area (Å²) in [5, 5.41) is 4.24. The SMILES string of the molecule is CCOC(=O)c1sc(NC(=O)Cc2ccc(Cl)c(Cl)c2)cc1C.